The van der Waals surface area contributed by atoms with Gasteiger partial charge in [0.15, 0.2) is 0 Å². The Morgan fingerprint density at radius 3 is 2.40 bits per heavy atom. The summed E-state index contributed by atoms with van der Waals surface area (Å²) in [6.07, 6.45) is 3.54. The summed E-state index contributed by atoms with van der Waals surface area (Å²) in [6.45, 7) is 7.45. The Labute approximate surface area is 175 Å². The highest BCUT2D eigenvalue weighted by Gasteiger charge is 2.45. The summed E-state index contributed by atoms with van der Waals surface area (Å²) in [5.41, 5.74) is 3.77. The van der Waals surface area contributed by atoms with E-state index in [1.54, 1.807) is 30.4 Å². The SMILES string of the molecule is CNC(=O)c1nc(N2C(=O)C(C)(C)c3ccc(-c4cnc(C)nc4)cc32)ccc1C. The first-order valence-corrected chi connectivity index (χ1v) is 9.72. The van der Waals surface area contributed by atoms with E-state index in [1.165, 1.54) is 0 Å². The Bertz CT molecular complexity index is 1170. The predicted molar refractivity (Wildman–Crippen MR) is 115 cm³/mol. The van der Waals surface area contributed by atoms with Crippen LogP contribution in [-0.2, 0) is 10.2 Å². The lowest BCUT2D eigenvalue weighted by atomic mass is 9.85. The molecule has 7 nitrogen and oxygen atoms in total. The van der Waals surface area contributed by atoms with E-state index in [9.17, 15) is 9.59 Å². The summed E-state index contributed by atoms with van der Waals surface area (Å²) in [4.78, 5) is 40.3. The van der Waals surface area contributed by atoms with E-state index in [1.807, 2.05) is 52.0 Å². The van der Waals surface area contributed by atoms with Crippen molar-refractivity contribution in [2.45, 2.75) is 33.1 Å². The number of benzene rings is 1. The van der Waals surface area contributed by atoms with Crippen LogP contribution < -0.4 is 10.2 Å². The van der Waals surface area contributed by atoms with Crippen LogP contribution in [0.25, 0.3) is 11.1 Å². The number of fused-ring (bicyclic) bond motifs is 1. The third-order valence-electron chi connectivity index (χ3n) is 5.52. The zero-order valence-corrected chi connectivity index (χ0v) is 17.6. The molecule has 0 saturated heterocycles. The van der Waals surface area contributed by atoms with Gasteiger partial charge in [0.2, 0.25) is 5.91 Å². The van der Waals surface area contributed by atoms with Crippen molar-refractivity contribution >= 4 is 23.3 Å². The molecule has 30 heavy (non-hydrogen) atoms. The van der Waals surface area contributed by atoms with Crippen molar-refractivity contribution < 1.29 is 9.59 Å². The van der Waals surface area contributed by atoms with Gasteiger partial charge in [0.1, 0.15) is 17.3 Å². The number of nitrogens with one attached hydrogen (secondary N) is 1. The van der Waals surface area contributed by atoms with Gasteiger partial charge in [0.25, 0.3) is 5.91 Å². The van der Waals surface area contributed by atoms with Crippen molar-refractivity contribution in [1.29, 1.82) is 0 Å². The van der Waals surface area contributed by atoms with E-state index in [4.69, 9.17) is 0 Å². The van der Waals surface area contributed by atoms with Gasteiger partial charge in [-0.1, -0.05) is 18.2 Å². The first-order valence-electron chi connectivity index (χ1n) is 9.72. The second-order valence-corrected chi connectivity index (χ2v) is 7.93. The Hall–Kier alpha value is -3.61. The molecule has 152 valence electrons. The molecular formula is C23H23N5O2. The van der Waals surface area contributed by atoms with Crippen LogP contribution in [0.15, 0.2) is 42.7 Å². The first kappa shape index (κ1) is 19.7. The van der Waals surface area contributed by atoms with E-state index < -0.39 is 5.41 Å². The van der Waals surface area contributed by atoms with Gasteiger partial charge in [-0.05, 0) is 56.5 Å². The summed E-state index contributed by atoms with van der Waals surface area (Å²) in [7, 11) is 1.56. The number of hydrogen-bond donors (Lipinski definition) is 1. The lowest BCUT2D eigenvalue weighted by Crippen LogP contribution is -2.34. The Morgan fingerprint density at radius 1 is 1.03 bits per heavy atom. The monoisotopic (exact) mass is 401 g/mol. The van der Waals surface area contributed by atoms with Gasteiger partial charge in [-0.15, -0.1) is 0 Å². The van der Waals surface area contributed by atoms with Crippen LogP contribution in [0.3, 0.4) is 0 Å². The van der Waals surface area contributed by atoms with Crippen LogP contribution in [0.2, 0.25) is 0 Å². The maximum absolute atomic E-state index is 13.4. The molecule has 0 aliphatic carbocycles. The first-order chi connectivity index (χ1) is 14.2. The molecule has 0 spiro atoms. The molecule has 0 atom stereocenters. The fraction of sp³-hybridized carbons (Fsp3) is 0.261. The minimum absolute atomic E-state index is 0.0889. The molecule has 1 N–H and O–H groups in total. The highest BCUT2D eigenvalue weighted by molar-refractivity contribution is 6.12. The number of pyridine rings is 1. The number of aryl methyl sites for hydroxylation is 2. The van der Waals surface area contributed by atoms with Gasteiger partial charge < -0.3 is 5.32 Å². The standard InChI is InChI=1S/C23H23N5O2/c1-13-6-9-19(27-20(13)21(29)24-5)28-18-10-15(16-11-25-14(2)26-12-16)7-8-17(18)23(3,4)22(28)30/h6-12H,1-5H3,(H,24,29). The molecule has 4 rings (SSSR count). The fourth-order valence-electron chi connectivity index (χ4n) is 3.69. The summed E-state index contributed by atoms with van der Waals surface area (Å²) in [6, 6.07) is 9.48. The van der Waals surface area contributed by atoms with Crippen LogP contribution in [0.1, 0.15) is 41.3 Å². The van der Waals surface area contributed by atoms with Crippen molar-refractivity contribution in [3.63, 3.8) is 0 Å². The van der Waals surface area contributed by atoms with Crippen molar-refractivity contribution in [2.24, 2.45) is 0 Å². The molecule has 1 aromatic carbocycles. The van der Waals surface area contributed by atoms with Gasteiger partial charge in [-0.2, -0.15) is 0 Å². The van der Waals surface area contributed by atoms with Crippen LogP contribution in [0.4, 0.5) is 11.5 Å². The molecule has 0 bridgehead atoms. The number of aromatic nitrogens is 3. The summed E-state index contributed by atoms with van der Waals surface area (Å²) < 4.78 is 0. The van der Waals surface area contributed by atoms with Gasteiger partial charge in [-0.25, -0.2) is 15.0 Å². The molecule has 0 unspecified atom stereocenters. The van der Waals surface area contributed by atoms with Gasteiger partial charge in [-0.3, -0.25) is 14.5 Å². The lowest BCUT2D eigenvalue weighted by molar-refractivity contribution is -0.121. The fourth-order valence-corrected chi connectivity index (χ4v) is 3.69. The third-order valence-corrected chi connectivity index (χ3v) is 5.52. The molecule has 1 aliphatic rings. The van der Waals surface area contributed by atoms with E-state index in [0.29, 0.717) is 17.3 Å². The average Bonchev–Trinajstić information content (AvgIpc) is 2.94. The second-order valence-electron chi connectivity index (χ2n) is 7.93. The smallest absolute Gasteiger partial charge is 0.269 e. The van der Waals surface area contributed by atoms with Crippen LogP contribution >= 0.6 is 0 Å². The number of carbonyl (C=O) groups excluding carboxylic acids is 2. The normalized spacial score (nSPS) is 14.6. The lowest BCUT2D eigenvalue weighted by Gasteiger charge is -2.20. The maximum atomic E-state index is 13.4. The van der Waals surface area contributed by atoms with Gasteiger partial charge in [0, 0.05) is 25.0 Å². The Kier molecular flexibility index (Phi) is 4.61. The molecule has 2 aromatic heterocycles. The molecule has 3 aromatic rings. The second kappa shape index (κ2) is 7.02. The molecule has 3 heterocycles. The molecule has 0 radical (unpaired) electrons. The number of carbonyl (C=O) groups is 2. The number of hydrogen-bond acceptors (Lipinski definition) is 5. The quantitative estimate of drug-likeness (QED) is 0.726. The number of amides is 2. The number of anilines is 2. The van der Waals surface area contributed by atoms with E-state index in [-0.39, 0.29) is 11.8 Å². The molecular weight excluding hydrogens is 378 g/mol. The highest BCUT2D eigenvalue weighted by Crippen LogP contribution is 2.46. The molecule has 0 fully saturated rings. The van der Waals surface area contributed by atoms with Crippen LogP contribution in [0.5, 0.6) is 0 Å². The zero-order valence-electron chi connectivity index (χ0n) is 17.6. The van der Waals surface area contributed by atoms with Crippen molar-refractivity contribution in [2.75, 3.05) is 11.9 Å². The van der Waals surface area contributed by atoms with Crippen molar-refractivity contribution in [1.82, 2.24) is 20.3 Å². The topological polar surface area (TPSA) is 88.1 Å². The van der Waals surface area contributed by atoms with Crippen molar-refractivity contribution in [3.05, 3.63) is 65.4 Å². The molecule has 2 amide bonds. The Balaban J connectivity index is 1.87. The number of rotatable bonds is 3. The molecule has 1 aliphatic heterocycles. The maximum Gasteiger partial charge on any atom is 0.269 e. The van der Waals surface area contributed by atoms with Gasteiger partial charge >= 0.3 is 0 Å². The van der Waals surface area contributed by atoms with E-state index in [0.717, 1.165) is 27.9 Å². The highest BCUT2D eigenvalue weighted by atomic mass is 16.2. The van der Waals surface area contributed by atoms with E-state index >= 15 is 0 Å². The summed E-state index contributed by atoms with van der Waals surface area (Å²) in [5, 5.41) is 2.60. The zero-order chi connectivity index (χ0) is 21.6. The van der Waals surface area contributed by atoms with Crippen LogP contribution in [-0.4, -0.2) is 33.8 Å². The largest absolute Gasteiger partial charge is 0.354 e. The predicted octanol–water partition coefficient (Wildman–Crippen LogP) is 3.47. The van der Waals surface area contributed by atoms with Crippen molar-refractivity contribution in [3.8, 4) is 11.1 Å². The third kappa shape index (κ3) is 3.03. The summed E-state index contributed by atoms with van der Waals surface area (Å²) in [5.74, 6) is 0.747. The number of nitrogens with zero attached hydrogens (tertiary/aromatic N) is 4. The minimum atomic E-state index is -0.711. The molecule has 0 saturated carbocycles. The van der Waals surface area contributed by atoms with Crippen LogP contribution in [0, 0.1) is 13.8 Å². The minimum Gasteiger partial charge on any atom is -0.354 e. The van der Waals surface area contributed by atoms with E-state index in [2.05, 4.69) is 20.3 Å². The molecule has 7 heteroatoms. The van der Waals surface area contributed by atoms with Gasteiger partial charge in [0.05, 0.1) is 11.1 Å². The average molecular weight is 401 g/mol. The summed E-state index contributed by atoms with van der Waals surface area (Å²) >= 11 is 0. The Morgan fingerprint density at radius 2 is 1.73 bits per heavy atom.